The second-order valence-corrected chi connectivity index (χ2v) is 7.29. The van der Waals surface area contributed by atoms with Crippen molar-refractivity contribution in [3.8, 4) is 5.75 Å². The Labute approximate surface area is 149 Å². The monoisotopic (exact) mass is 366 g/mol. The highest BCUT2D eigenvalue weighted by Gasteiger charge is 2.31. The highest BCUT2D eigenvalue weighted by molar-refractivity contribution is 6.77. The van der Waals surface area contributed by atoms with Crippen LogP contribution >= 0.6 is 34.8 Å². The van der Waals surface area contributed by atoms with Crippen LogP contribution in [0.4, 0.5) is 11.4 Å². The highest BCUT2D eigenvalue weighted by Crippen LogP contribution is 2.37. The predicted molar refractivity (Wildman–Crippen MR) is 97.6 cm³/mol. The van der Waals surface area contributed by atoms with Gasteiger partial charge in [0.15, 0.2) is 0 Å². The van der Waals surface area contributed by atoms with Crippen molar-refractivity contribution in [3.05, 3.63) is 54.1 Å². The number of benzene rings is 2. The molecule has 1 heterocycles. The van der Waals surface area contributed by atoms with Crippen LogP contribution in [0.5, 0.6) is 5.75 Å². The Bertz CT molecular complexity index is 777. The Hall–Kier alpha value is -1.55. The van der Waals surface area contributed by atoms with E-state index >= 15 is 0 Å². The second-order valence-electron chi connectivity index (χ2n) is 5.01. The third kappa shape index (κ3) is 3.69. The number of hydrogen-bond donors (Lipinski definition) is 0. The zero-order valence-electron chi connectivity index (χ0n) is 12.3. The fourth-order valence-corrected chi connectivity index (χ4v) is 2.62. The molecule has 1 aliphatic heterocycles. The van der Waals surface area contributed by atoms with E-state index in [1.165, 1.54) is 0 Å². The van der Waals surface area contributed by atoms with Crippen LogP contribution in [0.2, 0.25) is 0 Å². The molecule has 0 radical (unpaired) electrons. The van der Waals surface area contributed by atoms with Gasteiger partial charge in [0.25, 0.3) is 0 Å². The molecule has 2 aromatic rings. The lowest BCUT2D eigenvalue weighted by Gasteiger charge is -2.14. The first-order valence-corrected chi connectivity index (χ1v) is 8.06. The lowest BCUT2D eigenvalue weighted by molar-refractivity contribution is 0.415. The maximum Gasteiger partial charge on any atom is 0.229 e. The van der Waals surface area contributed by atoms with Gasteiger partial charge in [0.05, 0.1) is 29.9 Å². The third-order valence-electron chi connectivity index (χ3n) is 3.48. The van der Waals surface area contributed by atoms with Gasteiger partial charge < -0.3 is 4.74 Å². The minimum absolute atomic E-state index is 0.359. The Morgan fingerprint density at radius 3 is 2.09 bits per heavy atom. The normalized spacial score (nSPS) is 14.4. The van der Waals surface area contributed by atoms with Crippen LogP contribution in [0, 0.1) is 0 Å². The number of alkyl halides is 3. The first-order chi connectivity index (χ1) is 11.0. The summed E-state index contributed by atoms with van der Waals surface area (Å²) in [5.74, 6) is 0.777. The molecule has 2 aromatic carbocycles. The van der Waals surface area contributed by atoms with E-state index in [9.17, 15) is 0 Å². The van der Waals surface area contributed by atoms with Gasteiger partial charge >= 0.3 is 0 Å². The molecule has 0 fully saturated rings. The van der Waals surface area contributed by atoms with Crippen LogP contribution < -0.4 is 4.74 Å². The van der Waals surface area contributed by atoms with Crippen molar-refractivity contribution in [3.63, 3.8) is 0 Å². The van der Waals surface area contributed by atoms with Crippen LogP contribution in [-0.2, 0) is 0 Å². The quantitative estimate of drug-likeness (QED) is 0.630. The number of para-hydroxylation sites is 2. The van der Waals surface area contributed by atoms with Crippen LogP contribution in [0.15, 0.2) is 58.5 Å². The van der Waals surface area contributed by atoms with Crippen LogP contribution in [0.1, 0.15) is 12.0 Å². The molecule has 0 aromatic heterocycles. The Balaban J connectivity index is 2.10. The fraction of sp³-hybridized carbons (Fsp3) is 0.176. The zero-order valence-corrected chi connectivity index (χ0v) is 14.5. The van der Waals surface area contributed by atoms with E-state index in [1.54, 1.807) is 7.11 Å². The molecule has 0 saturated heterocycles. The molecule has 0 N–H and O–H groups in total. The van der Waals surface area contributed by atoms with Gasteiger partial charge in [-0.2, -0.15) is 0 Å². The minimum Gasteiger partial charge on any atom is -0.497 e. The van der Waals surface area contributed by atoms with Crippen LogP contribution in [0.25, 0.3) is 0 Å². The van der Waals surface area contributed by atoms with Gasteiger partial charge in [-0.25, -0.2) is 0 Å². The number of methoxy groups -OCH3 is 1. The van der Waals surface area contributed by atoms with Gasteiger partial charge in [-0.05, 0) is 42.0 Å². The van der Waals surface area contributed by atoms with E-state index in [1.807, 2.05) is 48.5 Å². The average molecular weight is 368 g/mol. The third-order valence-corrected chi connectivity index (χ3v) is 4.13. The van der Waals surface area contributed by atoms with Crippen molar-refractivity contribution in [2.75, 3.05) is 7.11 Å². The van der Waals surface area contributed by atoms with E-state index in [4.69, 9.17) is 44.5 Å². The molecule has 0 amide bonds. The predicted octanol–water partition coefficient (Wildman–Crippen LogP) is 5.66. The summed E-state index contributed by atoms with van der Waals surface area (Å²) in [6, 6.07) is 15.1. The number of fused-ring (bicyclic) bond motifs is 1. The maximum absolute atomic E-state index is 6.08. The van der Waals surface area contributed by atoms with Crippen molar-refractivity contribution in [2.24, 2.45) is 9.98 Å². The summed E-state index contributed by atoms with van der Waals surface area (Å²) in [7, 11) is 1.63. The largest absolute Gasteiger partial charge is 0.497 e. The van der Waals surface area contributed by atoms with Gasteiger partial charge in [0, 0.05) is 6.42 Å². The van der Waals surface area contributed by atoms with Crippen molar-refractivity contribution in [1.82, 2.24) is 0 Å². The van der Waals surface area contributed by atoms with E-state index in [0.717, 1.165) is 22.7 Å². The lowest BCUT2D eigenvalue weighted by atomic mass is 10.0. The zero-order chi connectivity index (χ0) is 16.4. The first-order valence-electron chi connectivity index (χ1n) is 6.93. The van der Waals surface area contributed by atoms with Crippen LogP contribution in [-0.4, -0.2) is 22.3 Å². The molecule has 6 heteroatoms. The summed E-state index contributed by atoms with van der Waals surface area (Å²) in [6.07, 6.45) is 0.359. The molecule has 0 atom stereocenters. The highest BCUT2D eigenvalue weighted by atomic mass is 35.6. The molecule has 0 aliphatic carbocycles. The van der Waals surface area contributed by atoms with Crippen molar-refractivity contribution in [1.29, 1.82) is 0 Å². The molecule has 0 unspecified atom stereocenters. The molecule has 3 nitrogen and oxygen atoms in total. The molecular weight excluding hydrogens is 355 g/mol. The standard InChI is InChI=1S/C17H13Cl3N2O/c1-23-12-8-6-11(7-9-12)15-10-16(17(18,19)20)22-14-5-3-2-4-13(14)21-15/h2-9H,10H2,1H3. The Morgan fingerprint density at radius 2 is 1.52 bits per heavy atom. The first kappa shape index (κ1) is 16.3. The van der Waals surface area contributed by atoms with Gasteiger partial charge in [0.1, 0.15) is 5.75 Å². The average Bonchev–Trinajstić information content (AvgIpc) is 2.74. The maximum atomic E-state index is 6.08. The fourth-order valence-electron chi connectivity index (χ4n) is 2.30. The molecule has 3 rings (SSSR count). The Morgan fingerprint density at radius 1 is 0.913 bits per heavy atom. The topological polar surface area (TPSA) is 34.0 Å². The molecule has 118 valence electrons. The summed E-state index contributed by atoms with van der Waals surface area (Å²) in [5.41, 5.74) is 3.62. The summed E-state index contributed by atoms with van der Waals surface area (Å²) < 4.78 is 3.61. The SMILES string of the molecule is COc1ccc(C2=Nc3ccccc3N=C(C(Cl)(Cl)Cl)C2)cc1. The van der Waals surface area contributed by atoms with Crippen LogP contribution in [0.3, 0.4) is 0 Å². The number of nitrogens with zero attached hydrogens (tertiary/aromatic N) is 2. The summed E-state index contributed by atoms with van der Waals surface area (Å²) in [4.78, 5) is 9.22. The lowest BCUT2D eigenvalue weighted by Crippen LogP contribution is -2.22. The van der Waals surface area contributed by atoms with E-state index in [2.05, 4.69) is 4.99 Å². The molecule has 0 bridgehead atoms. The molecule has 23 heavy (non-hydrogen) atoms. The Kier molecular flexibility index (Phi) is 4.62. The number of hydrogen-bond acceptors (Lipinski definition) is 3. The van der Waals surface area contributed by atoms with Crippen molar-refractivity contribution >= 4 is 57.6 Å². The van der Waals surface area contributed by atoms with Gasteiger partial charge in [0.2, 0.25) is 3.79 Å². The van der Waals surface area contributed by atoms with E-state index < -0.39 is 3.79 Å². The van der Waals surface area contributed by atoms with E-state index in [0.29, 0.717) is 17.8 Å². The van der Waals surface area contributed by atoms with Gasteiger partial charge in [-0.1, -0.05) is 46.9 Å². The number of rotatable bonds is 2. The molecular formula is C17H13Cl3N2O. The minimum atomic E-state index is -1.58. The number of aliphatic imine (C=N–C) groups is 2. The van der Waals surface area contributed by atoms with Gasteiger partial charge in [-0.3, -0.25) is 9.98 Å². The number of halogens is 3. The smallest absolute Gasteiger partial charge is 0.229 e. The second kappa shape index (κ2) is 6.52. The van der Waals surface area contributed by atoms with E-state index in [-0.39, 0.29) is 0 Å². The van der Waals surface area contributed by atoms with Crippen molar-refractivity contribution in [2.45, 2.75) is 10.2 Å². The summed E-state index contributed by atoms with van der Waals surface area (Å²) in [5, 5.41) is 0. The van der Waals surface area contributed by atoms with Gasteiger partial charge in [-0.15, -0.1) is 0 Å². The van der Waals surface area contributed by atoms with Crippen molar-refractivity contribution < 1.29 is 4.74 Å². The number of ether oxygens (including phenoxy) is 1. The summed E-state index contributed by atoms with van der Waals surface area (Å²) >= 11 is 18.2. The molecule has 0 spiro atoms. The molecule has 0 saturated carbocycles. The summed E-state index contributed by atoms with van der Waals surface area (Å²) in [6.45, 7) is 0. The molecule has 1 aliphatic rings.